The van der Waals surface area contributed by atoms with Gasteiger partial charge in [0.2, 0.25) is 6.41 Å². The van der Waals surface area contributed by atoms with Gasteiger partial charge in [-0.3, -0.25) is 23.2 Å². The number of carbonyl (C=O) groups excluding carboxylic acids is 1. The third-order valence-electron chi connectivity index (χ3n) is 7.66. The fourth-order valence-corrected chi connectivity index (χ4v) is 5.11. The smallest absolute Gasteiger partial charge is 0.382 e. The second-order valence-electron chi connectivity index (χ2n) is 10.9. The number of aldehydes is 1. The Morgan fingerprint density at radius 3 is 1.96 bits per heavy atom. The number of imidazole rings is 1. The summed E-state index contributed by atoms with van der Waals surface area (Å²) in [6, 6.07) is 9.57. The third-order valence-corrected chi connectivity index (χ3v) is 7.66. The maximum atomic E-state index is 13.8. The first-order valence-corrected chi connectivity index (χ1v) is 16.7. The minimum Gasteiger partial charge on any atom is -0.382 e. The van der Waals surface area contributed by atoms with E-state index in [4.69, 9.17) is 9.47 Å². The van der Waals surface area contributed by atoms with Gasteiger partial charge < -0.3 is 21.5 Å². The van der Waals surface area contributed by atoms with E-state index in [9.17, 15) is 18.7 Å². The molecule has 0 aliphatic carbocycles. The molecule has 12 heteroatoms. The maximum Gasteiger partial charge on any atom is 1.00 e. The molecule has 5 aromatic rings. The summed E-state index contributed by atoms with van der Waals surface area (Å²) in [6.45, 7) is 14.8. The molecule has 0 spiro atoms. The number of aliphatic hydroxyl groups excluding tert-OH is 1. The van der Waals surface area contributed by atoms with Gasteiger partial charge >= 0.3 is 18.9 Å². The standard InChI is InChI=1S/C15H15FN2O.C11H10FNO.C8H14N2O2.C4H9.CH4.Li.H2/c1-2-10-7-9-18-13(16)6-5-11(14(10)18)15(19)12-4-3-8-17-12;1-2-8-5-6-13-10(12)4-3-9(7-14)11(8)13;1-3-11-8(12-4-2)10-6-5-9-7-10;1-3-4-2;;;/h3,5-9,15,19H,2,4H2,1H3;3-7H,2H2,1H3;5-8H,3-4H2,1-2H3;1,3-4H2,2H3;1H4;;1H/q;;;-1;;+1;. The molecule has 6 rings (SSSR count). The van der Waals surface area contributed by atoms with Gasteiger partial charge in [0.05, 0.1) is 23.1 Å². The van der Waals surface area contributed by atoms with Crippen molar-refractivity contribution < 1.29 is 48.4 Å². The van der Waals surface area contributed by atoms with Crippen molar-refractivity contribution in [2.75, 3.05) is 13.2 Å². The van der Waals surface area contributed by atoms with E-state index < -0.39 is 6.10 Å². The molecule has 0 fully saturated rings. The van der Waals surface area contributed by atoms with Crippen LogP contribution in [0.1, 0.15) is 102 Å². The third kappa shape index (κ3) is 11.8. The molecule has 1 atom stereocenters. The van der Waals surface area contributed by atoms with Crippen molar-refractivity contribution in [3.63, 3.8) is 0 Å². The molecule has 274 valence electrons. The van der Waals surface area contributed by atoms with E-state index in [2.05, 4.69) is 23.8 Å². The number of hydrogen-bond acceptors (Lipinski definition) is 6. The van der Waals surface area contributed by atoms with E-state index in [1.807, 2.05) is 52.1 Å². The van der Waals surface area contributed by atoms with Crippen LogP contribution >= 0.6 is 0 Å². The number of unbranched alkanes of at least 4 members (excludes halogenated alkanes) is 1. The number of aliphatic imine (C=N–C) groups is 1. The number of carbonyl (C=O) groups is 1. The van der Waals surface area contributed by atoms with Crippen LogP contribution in [0.25, 0.3) is 11.0 Å². The zero-order valence-corrected chi connectivity index (χ0v) is 30.1. The number of ether oxygens (including phenoxy) is 2. The zero-order chi connectivity index (χ0) is 35.8. The predicted molar refractivity (Wildman–Crippen MR) is 199 cm³/mol. The number of aromatic nitrogens is 4. The number of pyridine rings is 2. The Morgan fingerprint density at radius 1 is 0.922 bits per heavy atom. The van der Waals surface area contributed by atoms with E-state index in [0.717, 1.165) is 42.2 Å². The number of rotatable bonds is 11. The second-order valence-corrected chi connectivity index (χ2v) is 10.9. The average molecular weight is 702 g/mol. The second kappa shape index (κ2) is 23.6. The van der Waals surface area contributed by atoms with Crippen LogP contribution in [0.5, 0.6) is 0 Å². The van der Waals surface area contributed by atoms with Crippen molar-refractivity contribution in [2.45, 2.75) is 86.7 Å². The average Bonchev–Trinajstić information content (AvgIpc) is 3.96. The first kappa shape index (κ1) is 45.2. The number of halogens is 2. The summed E-state index contributed by atoms with van der Waals surface area (Å²) in [6.07, 6.45) is 16.3. The molecule has 0 bridgehead atoms. The van der Waals surface area contributed by atoms with Crippen LogP contribution in [0.4, 0.5) is 8.78 Å². The SMILES string of the molecule is C.CCOC(OCC)n1ccnc1.CCc1ccn2c(F)ccc(C(O)C3=NC=CC3)c12.CCc1ccn2c(F)ccc(C=O)c12.[CH2-]CCC.[HH].[Li+]. The summed E-state index contributed by atoms with van der Waals surface area (Å²) >= 11 is 0. The molecule has 1 aliphatic rings. The molecule has 0 amide bonds. The van der Waals surface area contributed by atoms with Crippen molar-refractivity contribution in [3.8, 4) is 0 Å². The van der Waals surface area contributed by atoms with Gasteiger partial charge in [0, 0.05) is 63.2 Å². The zero-order valence-electron chi connectivity index (χ0n) is 30.1. The van der Waals surface area contributed by atoms with Crippen molar-refractivity contribution >= 4 is 23.0 Å². The summed E-state index contributed by atoms with van der Waals surface area (Å²) in [4.78, 5) is 18.8. The van der Waals surface area contributed by atoms with Crippen LogP contribution in [0.2, 0.25) is 0 Å². The van der Waals surface area contributed by atoms with E-state index >= 15 is 0 Å². The molecule has 0 saturated heterocycles. The molecule has 9 nitrogen and oxygen atoms in total. The van der Waals surface area contributed by atoms with Gasteiger partial charge in [-0.25, -0.2) is 4.98 Å². The van der Waals surface area contributed by atoms with Crippen LogP contribution in [0.3, 0.4) is 0 Å². The minimum absolute atomic E-state index is 0. The van der Waals surface area contributed by atoms with E-state index in [1.165, 1.54) is 33.4 Å². The van der Waals surface area contributed by atoms with E-state index in [1.54, 1.807) is 41.8 Å². The van der Waals surface area contributed by atoms with Crippen molar-refractivity contribution in [1.82, 2.24) is 18.4 Å². The van der Waals surface area contributed by atoms with Gasteiger partial charge in [-0.2, -0.15) is 15.2 Å². The summed E-state index contributed by atoms with van der Waals surface area (Å²) in [5.41, 5.74) is 5.41. The van der Waals surface area contributed by atoms with Gasteiger partial charge in [-0.15, -0.1) is 0 Å². The molecule has 5 aromatic heterocycles. The van der Waals surface area contributed by atoms with Crippen molar-refractivity contribution in [2.24, 2.45) is 4.99 Å². The molecule has 1 N–H and O–H groups in total. The summed E-state index contributed by atoms with van der Waals surface area (Å²) in [5, 5.41) is 10.4. The van der Waals surface area contributed by atoms with Crippen LogP contribution in [-0.4, -0.2) is 48.7 Å². The molecule has 0 saturated carbocycles. The fraction of sp³-hybridized carbons (Fsp3) is 0.385. The van der Waals surface area contributed by atoms with Crippen molar-refractivity contribution in [1.29, 1.82) is 0 Å². The van der Waals surface area contributed by atoms with Gasteiger partial charge in [-0.05, 0) is 74.2 Å². The number of nitrogens with zero attached hydrogens (tertiary/aromatic N) is 5. The van der Waals surface area contributed by atoms with Crippen molar-refractivity contribution in [3.05, 3.63) is 121 Å². The number of allylic oxidation sites excluding steroid dienone is 1. The Balaban J connectivity index is 0.000000711. The van der Waals surface area contributed by atoms with Gasteiger partial charge in [-0.1, -0.05) is 40.7 Å². The minimum atomic E-state index is -0.779. The van der Waals surface area contributed by atoms with Crippen LogP contribution in [0.15, 0.2) is 84.8 Å². The van der Waals surface area contributed by atoms with Crippen LogP contribution in [0, 0.1) is 18.8 Å². The monoisotopic (exact) mass is 701 g/mol. The first-order chi connectivity index (χ1) is 23.8. The summed E-state index contributed by atoms with van der Waals surface area (Å²) in [5.74, 6) is -0.664. The molecule has 1 aliphatic heterocycles. The quantitative estimate of drug-likeness (QED) is 0.0566. The van der Waals surface area contributed by atoms with Gasteiger partial charge in [0.15, 0.2) is 18.2 Å². The molecule has 51 heavy (non-hydrogen) atoms. The van der Waals surface area contributed by atoms with Gasteiger partial charge in [0.1, 0.15) is 6.10 Å². The Bertz CT molecular complexity index is 1800. The Morgan fingerprint density at radius 2 is 1.49 bits per heavy atom. The van der Waals surface area contributed by atoms with Crippen LogP contribution < -0.4 is 18.9 Å². The summed E-state index contributed by atoms with van der Waals surface area (Å²) < 4.78 is 42.4. The predicted octanol–water partition coefficient (Wildman–Crippen LogP) is 6.40. The summed E-state index contributed by atoms with van der Waals surface area (Å²) in [7, 11) is 0. The Kier molecular flexibility index (Phi) is 20.9. The Labute approximate surface area is 314 Å². The largest absolute Gasteiger partial charge is 1.00 e. The number of hydrogen-bond donors (Lipinski definition) is 1. The molecule has 6 heterocycles. The van der Waals surface area contributed by atoms with E-state index in [-0.39, 0.29) is 46.0 Å². The first-order valence-electron chi connectivity index (χ1n) is 16.7. The number of fused-ring (bicyclic) bond motifs is 2. The molecule has 1 unspecified atom stereocenters. The number of aliphatic hydroxyl groups is 1. The van der Waals surface area contributed by atoms with Gasteiger partial charge in [0.25, 0.3) is 0 Å². The maximum absolute atomic E-state index is 13.8. The fourth-order valence-electron chi connectivity index (χ4n) is 5.11. The molecular formula is C39H54F2LiN5O4. The number of aryl methyl sites for hydroxylation is 2. The topological polar surface area (TPSA) is 94.8 Å². The Hall–Kier alpha value is -3.85. The molecule has 0 aromatic carbocycles. The molecule has 0 radical (unpaired) electrons. The molecular weight excluding hydrogens is 647 g/mol. The van der Waals surface area contributed by atoms with Crippen LogP contribution in [-0.2, 0) is 22.3 Å². The van der Waals surface area contributed by atoms with E-state index in [0.29, 0.717) is 42.0 Å². The normalized spacial score (nSPS) is 12.1.